The summed E-state index contributed by atoms with van der Waals surface area (Å²) in [6, 6.07) is 13.0. The van der Waals surface area contributed by atoms with E-state index in [4.69, 9.17) is 5.11 Å². The number of hydrogen-bond acceptors (Lipinski definition) is 2. The van der Waals surface area contributed by atoms with Crippen LogP contribution in [0, 0.1) is 0 Å². The van der Waals surface area contributed by atoms with Gasteiger partial charge in [-0.2, -0.15) is 13.2 Å². The van der Waals surface area contributed by atoms with E-state index in [9.17, 15) is 13.2 Å². The van der Waals surface area contributed by atoms with E-state index in [-0.39, 0.29) is 5.75 Å². The highest BCUT2D eigenvalue weighted by Crippen LogP contribution is 2.28. The topological polar surface area (TPSA) is 20.2 Å². The van der Waals surface area contributed by atoms with Gasteiger partial charge in [-0.3, -0.25) is 0 Å². The maximum absolute atomic E-state index is 11.8. The monoisotopic (exact) mass is 272 g/mol. The number of alkyl halides is 3. The summed E-state index contributed by atoms with van der Waals surface area (Å²) in [4.78, 5) is 0.864. The Bertz CT molecular complexity index is 445. The molecule has 0 fully saturated rings. The molecule has 5 heteroatoms. The Kier molecular flexibility index (Phi) is 5.09. The van der Waals surface area contributed by atoms with Crippen molar-refractivity contribution >= 4 is 12.6 Å². The summed E-state index contributed by atoms with van der Waals surface area (Å²) in [5.74, 6) is 0.280. The molecule has 0 atom stereocenters. The third-order valence-electron chi connectivity index (χ3n) is 1.95. The second kappa shape index (κ2) is 6.35. The van der Waals surface area contributed by atoms with E-state index in [0.717, 1.165) is 17.0 Å². The Hall–Kier alpha value is -1.62. The van der Waals surface area contributed by atoms with Gasteiger partial charge < -0.3 is 5.11 Å². The van der Waals surface area contributed by atoms with Gasteiger partial charge in [-0.25, -0.2) is 0 Å². The highest BCUT2D eigenvalue weighted by Gasteiger charge is 2.29. The highest BCUT2D eigenvalue weighted by molar-refractivity contribution is 7.80. The van der Waals surface area contributed by atoms with Gasteiger partial charge in [-0.05, 0) is 24.3 Å². The van der Waals surface area contributed by atoms with Crippen molar-refractivity contribution in [1.29, 1.82) is 0 Å². The third kappa shape index (κ3) is 5.14. The van der Waals surface area contributed by atoms with E-state index >= 15 is 0 Å². The van der Waals surface area contributed by atoms with Crippen molar-refractivity contribution in [2.75, 3.05) is 0 Å². The Morgan fingerprint density at radius 1 is 0.833 bits per heavy atom. The van der Waals surface area contributed by atoms with Gasteiger partial charge in [0, 0.05) is 4.90 Å². The maximum Gasteiger partial charge on any atom is 0.416 e. The lowest BCUT2D eigenvalue weighted by Gasteiger charge is -2.03. The highest BCUT2D eigenvalue weighted by atomic mass is 32.1. The van der Waals surface area contributed by atoms with Gasteiger partial charge in [0.05, 0.1) is 5.56 Å². The molecule has 0 saturated heterocycles. The van der Waals surface area contributed by atoms with Crippen LogP contribution in [0.5, 0.6) is 5.75 Å². The Morgan fingerprint density at radius 2 is 1.33 bits per heavy atom. The molecule has 0 heterocycles. The fourth-order valence-electron chi connectivity index (χ4n) is 1.08. The number of hydrogen-bond donors (Lipinski definition) is 2. The van der Waals surface area contributed by atoms with Gasteiger partial charge in [0.15, 0.2) is 0 Å². The predicted molar refractivity (Wildman–Crippen MR) is 66.8 cm³/mol. The summed E-state index contributed by atoms with van der Waals surface area (Å²) >= 11 is 4.02. The summed E-state index contributed by atoms with van der Waals surface area (Å²) in [6.07, 6.45) is -4.21. The predicted octanol–water partition coefficient (Wildman–Crippen LogP) is 4.39. The van der Waals surface area contributed by atoms with Crippen LogP contribution in [0.1, 0.15) is 5.56 Å². The lowest BCUT2D eigenvalue weighted by molar-refractivity contribution is -0.137. The number of phenolic OH excluding ortho intramolecular Hbond substituents is 1. The zero-order chi connectivity index (χ0) is 13.6. The minimum atomic E-state index is -4.21. The van der Waals surface area contributed by atoms with Crippen LogP contribution in [0.15, 0.2) is 59.5 Å². The molecule has 0 amide bonds. The molecule has 2 rings (SSSR count). The molecular formula is C13H11F3OS. The van der Waals surface area contributed by atoms with Crippen LogP contribution in [0.4, 0.5) is 13.2 Å². The van der Waals surface area contributed by atoms with Gasteiger partial charge in [0.2, 0.25) is 0 Å². The molecule has 0 aromatic heterocycles. The van der Waals surface area contributed by atoms with Crippen LogP contribution in [0.3, 0.4) is 0 Å². The first-order valence-corrected chi connectivity index (χ1v) is 5.44. The summed E-state index contributed by atoms with van der Waals surface area (Å²) in [5.41, 5.74) is -0.602. The molecule has 0 radical (unpaired) electrons. The summed E-state index contributed by atoms with van der Waals surface area (Å²) in [6.45, 7) is 0. The van der Waals surface area contributed by atoms with Crippen molar-refractivity contribution in [3.05, 3.63) is 60.2 Å². The average molecular weight is 272 g/mol. The molecule has 0 aliphatic rings. The van der Waals surface area contributed by atoms with Crippen molar-refractivity contribution in [2.24, 2.45) is 0 Å². The van der Waals surface area contributed by atoms with Crippen LogP contribution in [0.25, 0.3) is 0 Å². The second-order valence-electron chi connectivity index (χ2n) is 3.38. The van der Waals surface area contributed by atoms with E-state index in [2.05, 4.69) is 12.6 Å². The number of halogens is 3. The van der Waals surface area contributed by atoms with Gasteiger partial charge >= 0.3 is 6.18 Å². The molecule has 96 valence electrons. The molecule has 0 saturated carbocycles. The third-order valence-corrected chi connectivity index (χ3v) is 2.25. The van der Waals surface area contributed by atoms with E-state index < -0.39 is 11.7 Å². The van der Waals surface area contributed by atoms with Crippen LogP contribution in [-0.4, -0.2) is 5.11 Å². The molecule has 18 heavy (non-hydrogen) atoms. The molecule has 1 N–H and O–H groups in total. The summed E-state index contributed by atoms with van der Waals surface area (Å²) < 4.78 is 35.4. The van der Waals surface area contributed by atoms with E-state index in [1.165, 1.54) is 12.1 Å². The summed E-state index contributed by atoms with van der Waals surface area (Å²) in [5, 5.41) is 8.72. The lowest BCUT2D eigenvalue weighted by atomic mass is 10.2. The van der Waals surface area contributed by atoms with Gasteiger partial charge in [-0.15, -0.1) is 12.6 Å². The standard InChI is InChI=1S/C7H5F3.C6H6OS/c8-7(9,10)6-4-2-1-3-5-6;7-5-1-3-6(8)4-2-5/h1-5H;1-4,7-8H. The first kappa shape index (κ1) is 14.4. The molecule has 0 unspecified atom stereocenters. The minimum absolute atomic E-state index is 0.280. The smallest absolute Gasteiger partial charge is 0.416 e. The van der Waals surface area contributed by atoms with Gasteiger partial charge in [0.1, 0.15) is 5.75 Å². The van der Waals surface area contributed by atoms with Crippen LogP contribution >= 0.6 is 12.6 Å². The Balaban J connectivity index is 0.000000184. The number of benzene rings is 2. The molecule has 0 aliphatic carbocycles. The second-order valence-corrected chi connectivity index (χ2v) is 3.90. The zero-order valence-electron chi connectivity index (χ0n) is 9.22. The van der Waals surface area contributed by atoms with Gasteiger partial charge in [0.25, 0.3) is 0 Å². The van der Waals surface area contributed by atoms with Crippen molar-refractivity contribution in [3.8, 4) is 5.75 Å². The molecule has 0 aliphatic heterocycles. The molecule has 2 aromatic rings. The number of rotatable bonds is 0. The number of thiol groups is 1. The first-order valence-electron chi connectivity index (χ1n) is 5.00. The van der Waals surface area contributed by atoms with E-state index in [1.54, 1.807) is 30.3 Å². The largest absolute Gasteiger partial charge is 0.508 e. The van der Waals surface area contributed by atoms with E-state index in [0.29, 0.717) is 0 Å². The number of phenols is 1. The van der Waals surface area contributed by atoms with Crippen molar-refractivity contribution in [3.63, 3.8) is 0 Å². The van der Waals surface area contributed by atoms with Crippen molar-refractivity contribution in [1.82, 2.24) is 0 Å². The zero-order valence-corrected chi connectivity index (χ0v) is 10.1. The Morgan fingerprint density at radius 3 is 1.67 bits per heavy atom. The fourth-order valence-corrected chi connectivity index (χ4v) is 1.23. The normalized spacial score (nSPS) is 10.4. The maximum atomic E-state index is 11.8. The summed E-state index contributed by atoms with van der Waals surface area (Å²) in [7, 11) is 0. The quantitative estimate of drug-likeness (QED) is 0.682. The van der Waals surface area contributed by atoms with E-state index in [1.807, 2.05) is 0 Å². The molecule has 1 nitrogen and oxygen atoms in total. The van der Waals surface area contributed by atoms with Crippen molar-refractivity contribution < 1.29 is 18.3 Å². The molecule has 0 bridgehead atoms. The number of aromatic hydroxyl groups is 1. The van der Waals surface area contributed by atoms with Crippen LogP contribution in [0.2, 0.25) is 0 Å². The molecular weight excluding hydrogens is 261 g/mol. The first-order chi connectivity index (χ1) is 8.39. The minimum Gasteiger partial charge on any atom is -0.508 e. The SMILES string of the molecule is FC(F)(F)c1ccccc1.Oc1ccc(S)cc1. The molecule has 2 aromatic carbocycles. The van der Waals surface area contributed by atoms with Gasteiger partial charge in [-0.1, -0.05) is 30.3 Å². The van der Waals surface area contributed by atoms with Crippen molar-refractivity contribution in [2.45, 2.75) is 11.1 Å². The lowest BCUT2D eigenvalue weighted by Crippen LogP contribution is -2.03. The average Bonchev–Trinajstić information content (AvgIpc) is 2.34. The van der Waals surface area contributed by atoms with Crippen LogP contribution < -0.4 is 0 Å². The van der Waals surface area contributed by atoms with Crippen LogP contribution in [-0.2, 0) is 6.18 Å². The molecule has 0 spiro atoms. The fraction of sp³-hybridized carbons (Fsp3) is 0.0769. The Labute approximate surface area is 108 Å².